The predicted octanol–water partition coefficient (Wildman–Crippen LogP) is 1.28. The third kappa shape index (κ3) is 4.08. The standard InChI is InChI=1S/C13H24N2O/c1-4-7-15(8-5-2)9-12-10-16-11-13(12)14-6-3/h4-5,12-14H,1-2,6-11H2,3H3. The molecule has 1 fully saturated rings. The van der Waals surface area contributed by atoms with Gasteiger partial charge in [-0.05, 0) is 6.54 Å². The summed E-state index contributed by atoms with van der Waals surface area (Å²) in [6.07, 6.45) is 3.89. The first-order chi connectivity index (χ1) is 7.81. The van der Waals surface area contributed by atoms with E-state index < -0.39 is 0 Å². The Balaban J connectivity index is 2.42. The first-order valence-corrected chi connectivity index (χ1v) is 6.07. The minimum Gasteiger partial charge on any atom is -0.379 e. The van der Waals surface area contributed by atoms with Gasteiger partial charge in [0, 0.05) is 31.6 Å². The third-order valence-electron chi connectivity index (χ3n) is 2.93. The molecule has 0 spiro atoms. The van der Waals surface area contributed by atoms with Gasteiger partial charge >= 0.3 is 0 Å². The van der Waals surface area contributed by atoms with Gasteiger partial charge < -0.3 is 10.1 Å². The highest BCUT2D eigenvalue weighted by molar-refractivity contribution is 4.87. The Morgan fingerprint density at radius 1 is 1.31 bits per heavy atom. The number of hydrogen-bond donors (Lipinski definition) is 1. The van der Waals surface area contributed by atoms with E-state index in [9.17, 15) is 0 Å². The summed E-state index contributed by atoms with van der Waals surface area (Å²) in [5.41, 5.74) is 0. The van der Waals surface area contributed by atoms with Gasteiger partial charge in [0.15, 0.2) is 0 Å². The highest BCUT2D eigenvalue weighted by Crippen LogP contribution is 2.15. The van der Waals surface area contributed by atoms with Crippen LogP contribution >= 0.6 is 0 Å². The molecule has 1 rings (SSSR count). The molecule has 0 aromatic carbocycles. The molecule has 92 valence electrons. The third-order valence-corrected chi connectivity index (χ3v) is 2.93. The van der Waals surface area contributed by atoms with Gasteiger partial charge in [-0.2, -0.15) is 0 Å². The molecule has 1 N–H and O–H groups in total. The Morgan fingerprint density at radius 2 is 2.00 bits per heavy atom. The lowest BCUT2D eigenvalue weighted by molar-refractivity contribution is 0.173. The van der Waals surface area contributed by atoms with Gasteiger partial charge in [-0.25, -0.2) is 0 Å². The SMILES string of the molecule is C=CCN(CC=C)CC1COCC1NCC. The number of hydrogen-bond acceptors (Lipinski definition) is 3. The molecule has 1 aliphatic rings. The first-order valence-electron chi connectivity index (χ1n) is 6.07. The molecule has 16 heavy (non-hydrogen) atoms. The molecule has 0 amide bonds. The molecule has 0 saturated carbocycles. The average molecular weight is 224 g/mol. The topological polar surface area (TPSA) is 24.5 Å². The molecule has 1 saturated heterocycles. The summed E-state index contributed by atoms with van der Waals surface area (Å²) in [5, 5.41) is 3.48. The van der Waals surface area contributed by atoms with Crippen molar-refractivity contribution in [3.63, 3.8) is 0 Å². The molecule has 0 aromatic rings. The lowest BCUT2D eigenvalue weighted by Crippen LogP contribution is -2.41. The Bertz CT molecular complexity index is 208. The van der Waals surface area contributed by atoms with Crippen LogP contribution in [-0.2, 0) is 4.74 Å². The molecule has 1 heterocycles. The maximum Gasteiger partial charge on any atom is 0.0623 e. The fraction of sp³-hybridized carbons (Fsp3) is 0.692. The van der Waals surface area contributed by atoms with Gasteiger partial charge in [-0.15, -0.1) is 13.2 Å². The second kappa shape index (κ2) is 7.60. The zero-order valence-corrected chi connectivity index (χ0v) is 10.3. The number of ether oxygens (including phenoxy) is 1. The summed E-state index contributed by atoms with van der Waals surface area (Å²) in [7, 11) is 0. The van der Waals surface area contributed by atoms with Crippen molar-refractivity contribution in [3.05, 3.63) is 25.3 Å². The van der Waals surface area contributed by atoms with Crippen LogP contribution < -0.4 is 5.32 Å². The second-order valence-electron chi connectivity index (χ2n) is 4.26. The minimum absolute atomic E-state index is 0.502. The fourth-order valence-electron chi connectivity index (χ4n) is 2.19. The smallest absolute Gasteiger partial charge is 0.0623 e. The minimum atomic E-state index is 0.502. The predicted molar refractivity (Wildman–Crippen MR) is 68.6 cm³/mol. The molecule has 3 nitrogen and oxygen atoms in total. The second-order valence-corrected chi connectivity index (χ2v) is 4.26. The fourth-order valence-corrected chi connectivity index (χ4v) is 2.19. The van der Waals surface area contributed by atoms with Gasteiger partial charge in [0.1, 0.15) is 0 Å². The zero-order chi connectivity index (χ0) is 11.8. The van der Waals surface area contributed by atoms with E-state index in [2.05, 4.69) is 30.3 Å². The number of likely N-dealkylation sites (N-methyl/N-ethyl adjacent to an activating group) is 1. The molecular weight excluding hydrogens is 200 g/mol. The lowest BCUT2D eigenvalue weighted by Gasteiger charge is -2.25. The largest absolute Gasteiger partial charge is 0.379 e. The van der Waals surface area contributed by atoms with Gasteiger partial charge in [0.25, 0.3) is 0 Å². The van der Waals surface area contributed by atoms with Gasteiger partial charge in [-0.1, -0.05) is 19.1 Å². The summed E-state index contributed by atoms with van der Waals surface area (Å²) in [4.78, 5) is 2.35. The van der Waals surface area contributed by atoms with E-state index in [1.54, 1.807) is 0 Å². The maximum atomic E-state index is 5.54. The quantitative estimate of drug-likeness (QED) is 0.629. The van der Waals surface area contributed by atoms with Crippen LogP contribution in [-0.4, -0.2) is 50.3 Å². The van der Waals surface area contributed by atoms with Crippen molar-refractivity contribution < 1.29 is 4.74 Å². The van der Waals surface area contributed by atoms with Crippen LogP contribution in [0, 0.1) is 5.92 Å². The van der Waals surface area contributed by atoms with Gasteiger partial charge in [0.05, 0.1) is 13.2 Å². The summed E-state index contributed by atoms with van der Waals surface area (Å²) < 4.78 is 5.54. The van der Waals surface area contributed by atoms with E-state index in [1.807, 2.05) is 12.2 Å². The molecule has 1 aliphatic heterocycles. The number of rotatable bonds is 8. The Morgan fingerprint density at radius 3 is 2.56 bits per heavy atom. The molecule has 0 radical (unpaired) electrons. The van der Waals surface area contributed by atoms with Gasteiger partial charge in [-0.3, -0.25) is 4.90 Å². The Labute approximate surface area is 99.2 Å². The zero-order valence-electron chi connectivity index (χ0n) is 10.3. The van der Waals surface area contributed by atoms with E-state index in [-0.39, 0.29) is 0 Å². The van der Waals surface area contributed by atoms with Crippen LogP contribution in [0.2, 0.25) is 0 Å². The molecule has 0 aromatic heterocycles. The molecule has 2 unspecified atom stereocenters. The van der Waals surface area contributed by atoms with Crippen molar-refractivity contribution in [1.82, 2.24) is 10.2 Å². The van der Waals surface area contributed by atoms with E-state index in [4.69, 9.17) is 4.74 Å². The van der Waals surface area contributed by atoms with E-state index in [1.165, 1.54) is 0 Å². The Hall–Kier alpha value is -0.640. The van der Waals surface area contributed by atoms with Crippen LogP contribution in [0.3, 0.4) is 0 Å². The molecule has 0 bridgehead atoms. The van der Waals surface area contributed by atoms with Crippen LogP contribution in [0.25, 0.3) is 0 Å². The summed E-state index contributed by atoms with van der Waals surface area (Å²) in [6.45, 7) is 15.3. The summed E-state index contributed by atoms with van der Waals surface area (Å²) >= 11 is 0. The van der Waals surface area contributed by atoms with Crippen molar-refractivity contribution in [2.24, 2.45) is 5.92 Å². The first kappa shape index (κ1) is 13.4. The number of nitrogens with zero attached hydrogens (tertiary/aromatic N) is 1. The normalized spacial score (nSPS) is 24.9. The van der Waals surface area contributed by atoms with Crippen molar-refractivity contribution in [2.45, 2.75) is 13.0 Å². The van der Waals surface area contributed by atoms with Crippen molar-refractivity contribution in [1.29, 1.82) is 0 Å². The molecule has 3 heteroatoms. The summed E-state index contributed by atoms with van der Waals surface area (Å²) in [5.74, 6) is 0.583. The highest BCUT2D eigenvalue weighted by atomic mass is 16.5. The van der Waals surface area contributed by atoms with Crippen LogP contribution in [0.4, 0.5) is 0 Å². The van der Waals surface area contributed by atoms with E-state index in [0.29, 0.717) is 12.0 Å². The molecule has 0 aliphatic carbocycles. The number of nitrogens with one attached hydrogen (secondary N) is 1. The lowest BCUT2D eigenvalue weighted by atomic mass is 10.0. The maximum absolute atomic E-state index is 5.54. The highest BCUT2D eigenvalue weighted by Gasteiger charge is 2.28. The molecule has 2 atom stereocenters. The van der Waals surface area contributed by atoms with Crippen molar-refractivity contribution in [2.75, 3.05) is 39.4 Å². The van der Waals surface area contributed by atoms with Crippen molar-refractivity contribution in [3.8, 4) is 0 Å². The Kier molecular flexibility index (Phi) is 6.38. The van der Waals surface area contributed by atoms with Crippen molar-refractivity contribution >= 4 is 0 Å². The van der Waals surface area contributed by atoms with E-state index in [0.717, 1.165) is 39.4 Å². The van der Waals surface area contributed by atoms with Gasteiger partial charge in [0.2, 0.25) is 0 Å². The monoisotopic (exact) mass is 224 g/mol. The van der Waals surface area contributed by atoms with Crippen LogP contribution in [0.5, 0.6) is 0 Å². The summed E-state index contributed by atoms with van der Waals surface area (Å²) in [6, 6.07) is 0.502. The van der Waals surface area contributed by atoms with Crippen LogP contribution in [0.15, 0.2) is 25.3 Å². The average Bonchev–Trinajstić information content (AvgIpc) is 2.67. The van der Waals surface area contributed by atoms with E-state index >= 15 is 0 Å². The van der Waals surface area contributed by atoms with Crippen LogP contribution in [0.1, 0.15) is 6.92 Å². The molecular formula is C13H24N2O.